The Kier molecular flexibility index (Phi) is 3.51. The van der Waals surface area contributed by atoms with Gasteiger partial charge < -0.3 is 5.21 Å². The summed E-state index contributed by atoms with van der Waals surface area (Å²) in [6.45, 7) is 0. The summed E-state index contributed by atoms with van der Waals surface area (Å²) in [7, 11) is 0. The molecule has 0 bridgehead atoms. The first-order chi connectivity index (χ1) is 8.40. The van der Waals surface area contributed by atoms with Crippen LogP contribution in [0, 0.1) is 11.8 Å². The summed E-state index contributed by atoms with van der Waals surface area (Å²) in [4.78, 5) is 3.99. The minimum atomic E-state index is 0.731. The van der Waals surface area contributed by atoms with E-state index in [4.69, 9.17) is 5.21 Å². The molecule has 1 N–H and O–H groups in total. The molecule has 0 unspecified atom stereocenters. The van der Waals surface area contributed by atoms with Crippen LogP contribution in [0.15, 0.2) is 53.9 Å². The van der Waals surface area contributed by atoms with Gasteiger partial charge in [-0.25, -0.2) is 0 Å². The maximum absolute atomic E-state index is 8.53. The molecule has 0 fully saturated rings. The first-order valence-electron chi connectivity index (χ1n) is 5.08. The molecule has 0 amide bonds. The minimum Gasteiger partial charge on any atom is -0.411 e. The fourth-order valence-corrected chi connectivity index (χ4v) is 1.35. The molecule has 17 heavy (non-hydrogen) atoms. The van der Waals surface area contributed by atoms with Gasteiger partial charge >= 0.3 is 0 Å². The van der Waals surface area contributed by atoms with Crippen molar-refractivity contribution in [2.75, 3.05) is 0 Å². The zero-order valence-electron chi connectivity index (χ0n) is 9.04. The van der Waals surface area contributed by atoms with Crippen LogP contribution < -0.4 is 0 Å². The van der Waals surface area contributed by atoms with Crippen molar-refractivity contribution in [2.45, 2.75) is 0 Å². The Morgan fingerprint density at radius 3 is 2.71 bits per heavy atom. The van der Waals surface area contributed by atoms with Crippen LogP contribution in [-0.2, 0) is 0 Å². The molecule has 0 saturated carbocycles. The van der Waals surface area contributed by atoms with Gasteiger partial charge in [-0.2, -0.15) is 0 Å². The molecule has 3 heteroatoms. The molecule has 1 aromatic heterocycles. The van der Waals surface area contributed by atoms with Crippen LogP contribution in [0.2, 0.25) is 0 Å². The molecule has 0 aliphatic carbocycles. The summed E-state index contributed by atoms with van der Waals surface area (Å²) in [6.07, 6.45) is 4.62. The van der Waals surface area contributed by atoms with Crippen molar-refractivity contribution in [1.82, 2.24) is 4.98 Å². The van der Waals surface area contributed by atoms with Gasteiger partial charge in [-0.05, 0) is 18.2 Å². The molecule has 1 heterocycles. The monoisotopic (exact) mass is 222 g/mol. The van der Waals surface area contributed by atoms with Gasteiger partial charge in [0.1, 0.15) is 0 Å². The molecular weight excluding hydrogens is 212 g/mol. The molecule has 1 aromatic carbocycles. The van der Waals surface area contributed by atoms with Crippen molar-refractivity contribution in [3.05, 3.63) is 65.5 Å². The summed E-state index contributed by atoms with van der Waals surface area (Å²) in [5.74, 6) is 6.03. The fourth-order valence-electron chi connectivity index (χ4n) is 1.35. The Bertz CT molecular complexity index is 580. The molecule has 0 atom stereocenters. The number of nitrogens with zero attached hydrogens (tertiary/aromatic N) is 2. The number of aromatic nitrogens is 1. The second kappa shape index (κ2) is 5.47. The molecule has 0 aliphatic rings. The molecule has 0 saturated heterocycles. The number of hydrogen-bond acceptors (Lipinski definition) is 3. The van der Waals surface area contributed by atoms with Crippen molar-refractivity contribution < 1.29 is 5.21 Å². The number of rotatable bonds is 1. The third kappa shape index (κ3) is 2.93. The predicted molar refractivity (Wildman–Crippen MR) is 66.0 cm³/mol. The molecule has 82 valence electrons. The highest BCUT2D eigenvalue weighted by molar-refractivity contribution is 5.82. The van der Waals surface area contributed by atoms with Gasteiger partial charge in [-0.1, -0.05) is 35.2 Å². The molecule has 2 rings (SSSR count). The maximum Gasteiger partial charge on any atom is 0.0747 e. The minimum absolute atomic E-state index is 0.731. The van der Waals surface area contributed by atoms with Crippen LogP contribution in [0.25, 0.3) is 0 Å². The van der Waals surface area contributed by atoms with Crippen molar-refractivity contribution >= 4 is 6.21 Å². The van der Waals surface area contributed by atoms with Gasteiger partial charge in [0.15, 0.2) is 0 Å². The quantitative estimate of drug-likeness (QED) is 0.348. The third-order valence-corrected chi connectivity index (χ3v) is 2.17. The highest BCUT2D eigenvalue weighted by atomic mass is 16.4. The fraction of sp³-hybridized carbons (Fsp3) is 0. The summed E-state index contributed by atoms with van der Waals surface area (Å²) < 4.78 is 0. The first-order valence-corrected chi connectivity index (χ1v) is 5.08. The van der Waals surface area contributed by atoms with Crippen LogP contribution in [0.3, 0.4) is 0 Å². The molecule has 2 aromatic rings. The lowest BCUT2D eigenvalue weighted by Gasteiger charge is -1.95. The Labute approximate surface area is 99.4 Å². The average Bonchev–Trinajstić information content (AvgIpc) is 2.39. The predicted octanol–water partition coefficient (Wildman–Crippen LogP) is 2.29. The Balaban J connectivity index is 2.34. The number of hydrogen-bond donors (Lipinski definition) is 1. The van der Waals surface area contributed by atoms with Gasteiger partial charge in [-0.15, -0.1) is 0 Å². The largest absolute Gasteiger partial charge is 0.411 e. The van der Waals surface area contributed by atoms with Crippen molar-refractivity contribution in [3.63, 3.8) is 0 Å². The van der Waals surface area contributed by atoms with Crippen molar-refractivity contribution in [3.8, 4) is 11.8 Å². The summed E-state index contributed by atoms with van der Waals surface area (Å²) in [6, 6.07) is 11.4. The van der Waals surface area contributed by atoms with E-state index in [2.05, 4.69) is 22.0 Å². The van der Waals surface area contributed by atoms with Crippen LogP contribution in [-0.4, -0.2) is 16.4 Å². The molecule has 0 aliphatic heterocycles. The van der Waals surface area contributed by atoms with Crippen LogP contribution in [0.1, 0.15) is 16.7 Å². The zero-order valence-corrected chi connectivity index (χ0v) is 9.04. The van der Waals surface area contributed by atoms with Crippen LogP contribution in [0.5, 0.6) is 0 Å². The van der Waals surface area contributed by atoms with E-state index >= 15 is 0 Å². The van der Waals surface area contributed by atoms with Gasteiger partial charge in [-0.3, -0.25) is 4.98 Å². The summed E-state index contributed by atoms with van der Waals surface area (Å²) >= 11 is 0. The Hall–Kier alpha value is -2.60. The normalized spacial score (nSPS) is 9.88. The van der Waals surface area contributed by atoms with Crippen LogP contribution in [0.4, 0.5) is 0 Å². The second-order valence-corrected chi connectivity index (χ2v) is 3.32. The van der Waals surface area contributed by atoms with E-state index in [0.29, 0.717) is 0 Å². The van der Waals surface area contributed by atoms with Crippen molar-refractivity contribution in [2.24, 2.45) is 5.16 Å². The zero-order chi connectivity index (χ0) is 11.9. The molecule has 0 radical (unpaired) electrons. The second-order valence-electron chi connectivity index (χ2n) is 3.32. The number of pyridine rings is 1. The molecule has 3 nitrogen and oxygen atoms in total. The van der Waals surface area contributed by atoms with E-state index in [1.54, 1.807) is 18.5 Å². The van der Waals surface area contributed by atoms with Gasteiger partial charge in [0.05, 0.1) is 11.8 Å². The number of benzene rings is 1. The van der Waals surface area contributed by atoms with E-state index in [-0.39, 0.29) is 0 Å². The Morgan fingerprint density at radius 1 is 1.12 bits per heavy atom. The highest BCUT2D eigenvalue weighted by Crippen LogP contribution is 2.03. The van der Waals surface area contributed by atoms with E-state index in [9.17, 15) is 0 Å². The van der Waals surface area contributed by atoms with Gasteiger partial charge in [0.2, 0.25) is 0 Å². The van der Waals surface area contributed by atoms with E-state index in [1.807, 2.05) is 30.3 Å². The first kappa shape index (κ1) is 10.9. The van der Waals surface area contributed by atoms with Gasteiger partial charge in [0, 0.05) is 23.5 Å². The van der Waals surface area contributed by atoms with Crippen molar-refractivity contribution in [1.29, 1.82) is 0 Å². The average molecular weight is 222 g/mol. The standard InChI is InChI=1S/C14H10N2O/c17-16-11-14-8-9-15-10-13(14)7-6-12-4-2-1-3-5-12/h1-5,8-11,17H/b16-11+. The lowest BCUT2D eigenvalue weighted by atomic mass is 10.1. The topological polar surface area (TPSA) is 45.5 Å². The lowest BCUT2D eigenvalue weighted by molar-refractivity contribution is 0.322. The van der Waals surface area contributed by atoms with Gasteiger partial charge in [0.25, 0.3) is 0 Å². The summed E-state index contributed by atoms with van der Waals surface area (Å²) in [5.41, 5.74) is 2.41. The third-order valence-electron chi connectivity index (χ3n) is 2.17. The Morgan fingerprint density at radius 2 is 1.94 bits per heavy atom. The van der Waals surface area contributed by atoms with Crippen LogP contribution >= 0.6 is 0 Å². The summed E-state index contributed by atoms with van der Waals surface area (Å²) in [5, 5.41) is 11.5. The highest BCUT2D eigenvalue weighted by Gasteiger charge is 1.95. The number of oxime groups is 1. The molecule has 0 spiro atoms. The SMILES string of the molecule is O/N=C/c1ccncc1C#Cc1ccccc1. The smallest absolute Gasteiger partial charge is 0.0747 e. The maximum atomic E-state index is 8.53. The van der Waals surface area contributed by atoms with E-state index < -0.39 is 0 Å². The van der Waals surface area contributed by atoms with E-state index in [1.165, 1.54) is 6.21 Å². The molecular formula is C14H10N2O. The van der Waals surface area contributed by atoms with E-state index in [0.717, 1.165) is 16.7 Å². The lowest BCUT2D eigenvalue weighted by Crippen LogP contribution is -1.89.